The molecule has 0 atom stereocenters. The van der Waals surface area contributed by atoms with Gasteiger partial charge in [0.25, 0.3) is 0 Å². The molecule has 0 aliphatic rings. The van der Waals surface area contributed by atoms with E-state index < -0.39 is 15.6 Å². The summed E-state index contributed by atoms with van der Waals surface area (Å²) in [7, 11) is -1.74. The van der Waals surface area contributed by atoms with Crippen LogP contribution in [-0.4, -0.2) is 21.0 Å². The molecule has 0 bridgehead atoms. The minimum absolute atomic E-state index is 0.240. The summed E-state index contributed by atoms with van der Waals surface area (Å²) >= 11 is 6.03. The molecule has 0 amide bonds. The third-order valence-electron chi connectivity index (χ3n) is 2.99. The molecule has 0 saturated carbocycles. The summed E-state index contributed by atoms with van der Waals surface area (Å²) in [6.45, 7) is 6.18. The number of halogens is 1. The van der Waals surface area contributed by atoms with E-state index in [2.05, 4.69) is 10.0 Å². The molecule has 0 aliphatic heterocycles. The highest BCUT2D eigenvalue weighted by Crippen LogP contribution is 2.22. The fourth-order valence-corrected chi connectivity index (χ4v) is 3.26. The normalized spacial score (nSPS) is 12.7. The summed E-state index contributed by atoms with van der Waals surface area (Å²) in [5.41, 5.74) is 0.295. The molecule has 108 valence electrons. The Morgan fingerprint density at radius 2 is 1.95 bits per heavy atom. The molecule has 6 heteroatoms. The summed E-state index contributed by atoms with van der Waals surface area (Å²) in [4.78, 5) is 0.240. The number of benzene rings is 1. The van der Waals surface area contributed by atoms with Crippen LogP contribution in [0.25, 0.3) is 0 Å². The van der Waals surface area contributed by atoms with E-state index in [0.29, 0.717) is 18.0 Å². The largest absolute Gasteiger partial charge is 0.316 e. The number of sulfonamides is 1. The van der Waals surface area contributed by atoms with Gasteiger partial charge in [-0.15, -0.1) is 0 Å². The van der Waals surface area contributed by atoms with Crippen molar-refractivity contribution in [2.75, 3.05) is 7.05 Å². The third kappa shape index (κ3) is 4.45. The van der Waals surface area contributed by atoms with Gasteiger partial charge in [-0.3, -0.25) is 0 Å². The average molecular weight is 305 g/mol. The Hall–Kier alpha value is -0.620. The maximum Gasteiger partial charge on any atom is 0.241 e. The molecular weight excluding hydrogens is 284 g/mol. The zero-order chi connectivity index (χ0) is 14.7. The van der Waals surface area contributed by atoms with Crippen LogP contribution in [0, 0.1) is 0 Å². The lowest BCUT2D eigenvalue weighted by atomic mass is 10.0. The van der Waals surface area contributed by atoms with Gasteiger partial charge in [-0.05, 0) is 51.1 Å². The van der Waals surface area contributed by atoms with Crippen LogP contribution in [0.5, 0.6) is 0 Å². The van der Waals surface area contributed by atoms with E-state index in [9.17, 15) is 8.42 Å². The van der Waals surface area contributed by atoms with E-state index in [4.69, 9.17) is 11.6 Å². The van der Waals surface area contributed by atoms with Crippen LogP contribution in [-0.2, 0) is 16.6 Å². The number of hydrogen-bond acceptors (Lipinski definition) is 3. The van der Waals surface area contributed by atoms with Crippen molar-refractivity contribution in [3.05, 3.63) is 28.8 Å². The SMILES string of the molecule is CCC(C)(C)NS(=O)(=O)c1ccc(Cl)c(CNC)c1. The Labute approximate surface area is 120 Å². The Balaban J connectivity index is 3.12. The predicted octanol–water partition coefficient (Wildman–Crippen LogP) is 2.53. The summed E-state index contributed by atoms with van der Waals surface area (Å²) in [6, 6.07) is 4.74. The van der Waals surface area contributed by atoms with Gasteiger partial charge in [0.15, 0.2) is 0 Å². The number of nitrogens with one attached hydrogen (secondary N) is 2. The molecule has 1 aromatic rings. The monoisotopic (exact) mass is 304 g/mol. The van der Waals surface area contributed by atoms with E-state index >= 15 is 0 Å². The first kappa shape index (κ1) is 16.4. The molecule has 0 saturated heterocycles. The van der Waals surface area contributed by atoms with E-state index in [-0.39, 0.29) is 4.90 Å². The standard InChI is InChI=1S/C13H21ClN2O2S/c1-5-13(2,3)16-19(17,18)11-6-7-12(14)10(8-11)9-15-4/h6-8,15-16H,5,9H2,1-4H3. The van der Waals surface area contributed by atoms with Crippen molar-refractivity contribution in [2.45, 2.75) is 44.2 Å². The van der Waals surface area contributed by atoms with Gasteiger partial charge in [0.2, 0.25) is 10.0 Å². The first-order chi connectivity index (χ1) is 8.72. The van der Waals surface area contributed by atoms with Gasteiger partial charge in [0.1, 0.15) is 0 Å². The van der Waals surface area contributed by atoms with E-state index in [1.54, 1.807) is 19.2 Å². The van der Waals surface area contributed by atoms with Gasteiger partial charge in [-0.2, -0.15) is 0 Å². The lowest BCUT2D eigenvalue weighted by Crippen LogP contribution is -2.42. The first-order valence-electron chi connectivity index (χ1n) is 6.19. The maximum atomic E-state index is 12.3. The molecule has 0 aromatic heterocycles. The maximum absolute atomic E-state index is 12.3. The molecular formula is C13H21ClN2O2S. The number of hydrogen-bond donors (Lipinski definition) is 2. The van der Waals surface area contributed by atoms with Gasteiger partial charge in [0, 0.05) is 17.1 Å². The topological polar surface area (TPSA) is 58.2 Å². The molecule has 0 aliphatic carbocycles. The second-order valence-electron chi connectivity index (χ2n) is 5.13. The molecule has 0 fully saturated rings. The summed E-state index contributed by atoms with van der Waals surface area (Å²) in [5.74, 6) is 0. The van der Waals surface area contributed by atoms with Crippen LogP contribution < -0.4 is 10.0 Å². The third-order valence-corrected chi connectivity index (χ3v) is 5.05. The molecule has 4 nitrogen and oxygen atoms in total. The highest BCUT2D eigenvalue weighted by Gasteiger charge is 2.24. The van der Waals surface area contributed by atoms with Gasteiger partial charge in [0.05, 0.1) is 4.90 Å². The van der Waals surface area contributed by atoms with Gasteiger partial charge >= 0.3 is 0 Å². The van der Waals surface area contributed by atoms with Gasteiger partial charge in [-0.25, -0.2) is 13.1 Å². The van der Waals surface area contributed by atoms with Crippen molar-refractivity contribution in [3.63, 3.8) is 0 Å². The molecule has 1 aromatic carbocycles. The molecule has 1 rings (SSSR count). The van der Waals surface area contributed by atoms with E-state index in [1.807, 2.05) is 20.8 Å². The molecule has 2 N–H and O–H groups in total. The zero-order valence-corrected chi connectivity index (χ0v) is 13.3. The van der Waals surface area contributed by atoms with Crippen molar-refractivity contribution in [2.24, 2.45) is 0 Å². The van der Waals surface area contributed by atoms with E-state index in [0.717, 1.165) is 5.56 Å². The summed E-state index contributed by atoms with van der Waals surface area (Å²) < 4.78 is 27.3. The van der Waals surface area contributed by atoms with Gasteiger partial charge in [-0.1, -0.05) is 18.5 Å². The lowest BCUT2D eigenvalue weighted by Gasteiger charge is -2.24. The molecule has 0 radical (unpaired) electrons. The quantitative estimate of drug-likeness (QED) is 0.849. The zero-order valence-electron chi connectivity index (χ0n) is 11.7. The molecule has 0 spiro atoms. The molecule has 0 unspecified atom stereocenters. The first-order valence-corrected chi connectivity index (χ1v) is 8.05. The Kier molecular flexibility index (Phi) is 5.38. The van der Waals surface area contributed by atoms with Crippen LogP contribution in [0.15, 0.2) is 23.1 Å². The summed E-state index contributed by atoms with van der Waals surface area (Å²) in [5, 5.41) is 3.52. The van der Waals surface area contributed by atoms with Crippen LogP contribution >= 0.6 is 11.6 Å². The van der Waals surface area contributed by atoms with Crippen LogP contribution in [0.3, 0.4) is 0 Å². The van der Waals surface area contributed by atoms with Crippen LogP contribution in [0.4, 0.5) is 0 Å². The van der Waals surface area contributed by atoms with Crippen molar-refractivity contribution >= 4 is 21.6 Å². The van der Waals surface area contributed by atoms with E-state index in [1.165, 1.54) is 6.07 Å². The molecule has 19 heavy (non-hydrogen) atoms. The van der Waals surface area contributed by atoms with Crippen LogP contribution in [0.1, 0.15) is 32.8 Å². The van der Waals surface area contributed by atoms with Crippen molar-refractivity contribution in [1.29, 1.82) is 0 Å². The second kappa shape index (κ2) is 6.22. The minimum Gasteiger partial charge on any atom is -0.316 e. The Morgan fingerprint density at radius 1 is 1.32 bits per heavy atom. The fourth-order valence-electron chi connectivity index (χ4n) is 1.54. The van der Waals surface area contributed by atoms with Crippen molar-refractivity contribution in [1.82, 2.24) is 10.0 Å². The molecule has 0 heterocycles. The average Bonchev–Trinajstić information content (AvgIpc) is 2.31. The Bertz CT molecular complexity index is 542. The fraction of sp³-hybridized carbons (Fsp3) is 0.538. The lowest BCUT2D eigenvalue weighted by molar-refractivity contribution is 0.439. The smallest absolute Gasteiger partial charge is 0.241 e. The van der Waals surface area contributed by atoms with Gasteiger partial charge < -0.3 is 5.32 Å². The second-order valence-corrected chi connectivity index (χ2v) is 7.22. The highest BCUT2D eigenvalue weighted by molar-refractivity contribution is 7.89. The Morgan fingerprint density at radius 3 is 2.47 bits per heavy atom. The number of rotatable bonds is 6. The predicted molar refractivity (Wildman–Crippen MR) is 78.9 cm³/mol. The highest BCUT2D eigenvalue weighted by atomic mass is 35.5. The van der Waals surface area contributed by atoms with Crippen LogP contribution in [0.2, 0.25) is 5.02 Å². The summed E-state index contributed by atoms with van der Waals surface area (Å²) in [6.07, 6.45) is 0.712. The van der Waals surface area contributed by atoms with Crippen molar-refractivity contribution in [3.8, 4) is 0 Å². The minimum atomic E-state index is -3.52. The van der Waals surface area contributed by atoms with Crippen molar-refractivity contribution < 1.29 is 8.42 Å².